The maximum Gasteiger partial charge on any atom is 0.433 e. The van der Waals surface area contributed by atoms with Crippen molar-refractivity contribution < 1.29 is 27.4 Å². The summed E-state index contributed by atoms with van der Waals surface area (Å²) in [4.78, 5) is 25.0. The van der Waals surface area contributed by atoms with Crippen molar-refractivity contribution in [3.05, 3.63) is 18.0 Å². The van der Waals surface area contributed by atoms with Gasteiger partial charge in [0.25, 0.3) is 0 Å². The molecule has 0 aromatic carbocycles. The molecule has 4 rings (SSSR count). The summed E-state index contributed by atoms with van der Waals surface area (Å²) in [6, 6.07) is 1.51. The second-order valence-electron chi connectivity index (χ2n) is 9.99. The first kappa shape index (κ1) is 26.1. The number of alkyl halides is 3. The average Bonchev–Trinajstić information content (AvgIpc) is 3.27. The average molecular weight is 500 g/mol. The summed E-state index contributed by atoms with van der Waals surface area (Å²) < 4.78 is 50.5. The van der Waals surface area contributed by atoms with Crippen LogP contribution in [-0.2, 0) is 20.4 Å². The van der Waals surface area contributed by atoms with E-state index in [1.807, 2.05) is 11.8 Å². The normalized spacial score (nSPS) is 30.0. The van der Waals surface area contributed by atoms with Crippen LogP contribution in [0.4, 0.5) is 19.1 Å². The SMILES string of the molecule is CCOC[C@]1(C(=O)N2CCN(c3nccc(C(F)(F)F)n3)CC2)CC[C@@H](NC2CCOCC2C)C1. The Balaban J connectivity index is 1.38. The zero-order valence-corrected chi connectivity index (χ0v) is 20.5. The number of nitrogens with one attached hydrogen (secondary N) is 1. The number of ether oxygens (including phenoxy) is 2. The van der Waals surface area contributed by atoms with Gasteiger partial charge in [0.1, 0.15) is 5.69 Å². The van der Waals surface area contributed by atoms with Crippen LogP contribution in [0, 0.1) is 11.3 Å². The minimum atomic E-state index is -4.52. The zero-order valence-electron chi connectivity index (χ0n) is 20.5. The van der Waals surface area contributed by atoms with E-state index in [4.69, 9.17) is 9.47 Å². The minimum absolute atomic E-state index is 0.0478. The second kappa shape index (κ2) is 11.0. The highest BCUT2D eigenvalue weighted by atomic mass is 19.4. The van der Waals surface area contributed by atoms with Crippen molar-refractivity contribution in [2.24, 2.45) is 11.3 Å². The molecule has 2 aliphatic heterocycles. The van der Waals surface area contributed by atoms with Gasteiger partial charge in [0.05, 0.1) is 18.6 Å². The number of carbonyl (C=O) groups is 1. The van der Waals surface area contributed by atoms with E-state index in [-0.39, 0.29) is 17.9 Å². The maximum atomic E-state index is 13.8. The van der Waals surface area contributed by atoms with Crippen molar-refractivity contribution >= 4 is 11.9 Å². The molecule has 0 radical (unpaired) electrons. The molecule has 1 aromatic rings. The molecule has 1 saturated carbocycles. The summed E-state index contributed by atoms with van der Waals surface area (Å²) in [6.07, 6.45) is -0.00312. The number of carbonyl (C=O) groups excluding carboxylic acids is 1. The van der Waals surface area contributed by atoms with E-state index in [0.29, 0.717) is 51.4 Å². The summed E-state index contributed by atoms with van der Waals surface area (Å²) >= 11 is 0. The molecular weight excluding hydrogens is 463 g/mol. The van der Waals surface area contributed by atoms with Crippen LogP contribution in [0.3, 0.4) is 0 Å². The Morgan fingerprint density at radius 3 is 2.74 bits per heavy atom. The molecule has 4 atom stereocenters. The van der Waals surface area contributed by atoms with Gasteiger partial charge in [0.15, 0.2) is 0 Å². The van der Waals surface area contributed by atoms with E-state index in [9.17, 15) is 18.0 Å². The molecule has 1 aliphatic carbocycles. The Kier molecular flexibility index (Phi) is 8.17. The highest BCUT2D eigenvalue weighted by Gasteiger charge is 2.48. The fourth-order valence-electron chi connectivity index (χ4n) is 5.49. The number of hydrogen-bond donors (Lipinski definition) is 1. The van der Waals surface area contributed by atoms with Gasteiger partial charge in [-0.25, -0.2) is 9.97 Å². The lowest BCUT2D eigenvalue weighted by Crippen LogP contribution is -2.54. The van der Waals surface area contributed by atoms with Crippen LogP contribution in [0.2, 0.25) is 0 Å². The zero-order chi connectivity index (χ0) is 25.1. The lowest BCUT2D eigenvalue weighted by atomic mass is 9.84. The van der Waals surface area contributed by atoms with Crippen LogP contribution >= 0.6 is 0 Å². The van der Waals surface area contributed by atoms with E-state index in [2.05, 4.69) is 22.2 Å². The third kappa shape index (κ3) is 6.06. The number of halogens is 3. The summed E-state index contributed by atoms with van der Waals surface area (Å²) in [7, 11) is 0. The molecule has 0 spiro atoms. The van der Waals surface area contributed by atoms with Crippen molar-refractivity contribution in [2.75, 3.05) is 57.5 Å². The third-order valence-electron chi connectivity index (χ3n) is 7.52. The van der Waals surface area contributed by atoms with Gasteiger partial charge in [-0.2, -0.15) is 13.2 Å². The van der Waals surface area contributed by atoms with Gasteiger partial charge in [-0.05, 0) is 44.6 Å². The van der Waals surface area contributed by atoms with Gasteiger partial charge in [0, 0.05) is 57.7 Å². The van der Waals surface area contributed by atoms with Crippen molar-refractivity contribution in [1.82, 2.24) is 20.2 Å². The van der Waals surface area contributed by atoms with Crippen LogP contribution in [0.1, 0.15) is 45.2 Å². The van der Waals surface area contributed by atoms with E-state index >= 15 is 0 Å². The summed E-state index contributed by atoms with van der Waals surface area (Å²) in [6.45, 7) is 8.19. The minimum Gasteiger partial charge on any atom is -0.381 e. The number of hydrogen-bond acceptors (Lipinski definition) is 7. The fourth-order valence-corrected chi connectivity index (χ4v) is 5.49. The molecule has 196 valence electrons. The lowest BCUT2D eigenvalue weighted by Gasteiger charge is -2.40. The largest absolute Gasteiger partial charge is 0.433 e. The molecule has 11 heteroatoms. The first-order valence-electron chi connectivity index (χ1n) is 12.6. The van der Waals surface area contributed by atoms with E-state index < -0.39 is 17.3 Å². The number of amides is 1. The smallest absolute Gasteiger partial charge is 0.381 e. The third-order valence-corrected chi connectivity index (χ3v) is 7.52. The topological polar surface area (TPSA) is 79.8 Å². The van der Waals surface area contributed by atoms with Gasteiger partial charge in [0.2, 0.25) is 11.9 Å². The van der Waals surface area contributed by atoms with E-state index in [1.54, 1.807) is 4.90 Å². The molecule has 3 aliphatic rings. The summed E-state index contributed by atoms with van der Waals surface area (Å²) in [5, 5.41) is 3.78. The first-order chi connectivity index (χ1) is 16.7. The highest BCUT2D eigenvalue weighted by molar-refractivity contribution is 5.83. The Hall–Kier alpha value is -1.98. The van der Waals surface area contributed by atoms with Crippen LogP contribution in [0.25, 0.3) is 0 Å². The number of aromatic nitrogens is 2. The predicted molar refractivity (Wildman–Crippen MR) is 124 cm³/mol. The standard InChI is InChI=1S/C24H36F3N5O3/c1-3-34-16-23(7-4-18(14-23)29-19-6-13-35-15-17(19)2)21(33)31-9-11-32(12-10-31)22-28-8-5-20(30-22)24(25,26)27/h5,8,17-19,29H,3-4,6-7,9-16H2,1-2H3/t17?,18-,19?,23+/m1/s1. The van der Waals surface area contributed by atoms with Crippen molar-refractivity contribution in [1.29, 1.82) is 0 Å². The molecule has 3 fully saturated rings. The molecule has 1 N–H and O–H groups in total. The van der Waals surface area contributed by atoms with Crippen LogP contribution in [-0.4, -0.2) is 85.5 Å². The molecule has 35 heavy (non-hydrogen) atoms. The van der Waals surface area contributed by atoms with Gasteiger partial charge >= 0.3 is 6.18 Å². The molecular formula is C24H36F3N5O3. The summed E-state index contributed by atoms with van der Waals surface area (Å²) in [5.41, 5.74) is -1.53. The first-order valence-corrected chi connectivity index (χ1v) is 12.6. The summed E-state index contributed by atoms with van der Waals surface area (Å²) in [5.74, 6) is 0.569. The number of piperazine rings is 1. The van der Waals surface area contributed by atoms with Crippen LogP contribution in [0.5, 0.6) is 0 Å². The molecule has 1 amide bonds. The van der Waals surface area contributed by atoms with Crippen LogP contribution < -0.4 is 10.2 Å². The van der Waals surface area contributed by atoms with Crippen molar-refractivity contribution in [3.8, 4) is 0 Å². The van der Waals surface area contributed by atoms with E-state index in [0.717, 1.165) is 51.2 Å². The quantitative estimate of drug-likeness (QED) is 0.618. The van der Waals surface area contributed by atoms with Gasteiger partial charge in [-0.1, -0.05) is 6.92 Å². The molecule has 2 saturated heterocycles. The molecule has 3 heterocycles. The monoisotopic (exact) mass is 499 g/mol. The lowest BCUT2D eigenvalue weighted by molar-refractivity contribution is -0.146. The fraction of sp³-hybridized carbons (Fsp3) is 0.792. The van der Waals surface area contributed by atoms with Gasteiger partial charge in [-0.15, -0.1) is 0 Å². The Bertz CT molecular complexity index is 865. The van der Waals surface area contributed by atoms with Gasteiger partial charge < -0.3 is 24.6 Å². The second-order valence-corrected chi connectivity index (χ2v) is 9.99. The van der Waals surface area contributed by atoms with E-state index in [1.165, 1.54) is 0 Å². The number of rotatable bonds is 7. The Morgan fingerprint density at radius 1 is 1.29 bits per heavy atom. The maximum absolute atomic E-state index is 13.8. The van der Waals surface area contributed by atoms with Crippen molar-refractivity contribution in [2.45, 2.75) is 57.8 Å². The number of anilines is 1. The predicted octanol–water partition coefficient (Wildman–Crippen LogP) is 2.73. The van der Waals surface area contributed by atoms with Gasteiger partial charge in [-0.3, -0.25) is 4.79 Å². The Labute approximate surface area is 204 Å². The molecule has 2 unspecified atom stereocenters. The van der Waals surface area contributed by atoms with Crippen molar-refractivity contribution in [3.63, 3.8) is 0 Å². The Morgan fingerprint density at radius 2 is 2.06 bits per heavy atom. The molecule has 0 bridgehead atoms. The highest BCUT2D eigenvalue weighted by Crippen LogP contribution is 2.41. The molecule has 8 nitrogen and oxygen atoms in total. The van der Waals surface area contributed by atoms with Crippen LogP contribution in [0.15, 0.2) is 12.3 Å². The number of nitrogens with zero attached hydrogens (tertiary/aromatic N) is 4. The molecule has 1 aromatic heterocycles.